The van der Waals surface area contributed by atoms with Crippen molar-refractivity contribution >= 4 is 5.91 Å². The first-order valence-electron chi connectivity index (χ1n) is 6.79. The number of piperidine rings is 1. The summed E-state index contributed by atoms with van der Waals surface area (Å²) >= 11 is 0. The van der Waals surface area contributed by atoms with Gasteiger partial charge in [-0.05, 0) is 39.8 Å². The van der Waals surface area contributed by atoms with Gasteiger partial charge in [-0.1, -0.05) is 0 Å². The first-order chi connectivity index (χ1) is 9.22. The van der Waals surface area contributed by atoms with E-state index in [1.807, 2.05) is 0 Å². The first kappa shape index (κ1) is 17.2. The summed E-state index contributed by atoms with van der Waals surface area (Å²) < 4.78 is 43.1. The van der Waals surface area contributed by atoms with Crippen LogP contribution in [0.1, 0.15) is 26.7 Å². The van der Waals surface area contributed by atoms with E-state index < -0.39 is 30.1 Å². The van der Waals surface area contributed by atoms with Crippen LogP contribution in [0.3, 0.4) is 0 Å². The van der Waals surface area contributed by atoms with Crippen LogP contribution < -0.4 is 5.32 Å². The minimum atomic E-state index is -4.39. The largest absolute Gasteiger partial charge is 0.406 e. The fraction of sp³-hybridized carbons (Fsp3) is 0.923. The highest BCUT2D eigenvalue weighted by Gasteiger charge is 2.45. The quantitative estimate of drug-likeness (QED) is 0.841. The second-order valence-corrected chi connectivity index (χ2v) is 5.61. The van der Waals surface area contributed by atoms with Crippen molar-refractivity contribution in [2.75, 3.05) is 33.4 Å². The van der Waals surface area contributed by atoms with Crippen LogP contribution in [0.5, 0.6) is 0 Å². The van der Waals surface area contributed by atoms with Crippen molar-refractivity contribution in [1.29, 1.82) is 0 Å². The predicted octanol–water partition coefficient (Wildman–Crippen LogP) is 1.80. The maximum atomic E-state index is 12.7. The van der Waals surface area contributed by atoms with Crippen LogP contribution in [-0.2, 0) is 9.53 Å². The molecule has 0 aliphatic carbocycles. The zero-order valence-corrected chi connectivity index (χ0v) is 12.2. The van der Waals surface area contributed by atoms with E-state index in [1.165, 1.54) is 7.11 Å². The van der Waals surface area contributed by atoms with E-state index in [1.54, 1.807) is 13.8 Å². The van der Waals surface area contributed by atoms with Gasteiger partial charge in [-0.25, -0.2) is 0 Å². The van der Waals surface area contributed by atoms with E-state index in [2.05, 4.69) is 5.32 Å². The molecule has 0 aromatic carbocycles. The summed E-state index contributed by atoms with van der Waals surface area (Å²) in [6, 6.07) is -0.493. The molecule has 7 heteroatoms. The van der Waals surface area contributed by atoms with E-state index in [4.69, 9.17) is 4.74 Å². The smallest absolute Gasteiger partial charge is 0.384 e. The van der Waals surface area contributed by atoms with Crippen molar-refractivity contribution in [3.05, 3.63) is 0 Å². The molecule has 1 aliphatic rings. The number of nitrogens with one attached hydrogen (secondary N) is 1. The Hall–Kier alpha value is -0.820. The molecule has 1 heterocycles. The Balaban J connectivity index is 2.94. The van der Waals surface area contributed by atoms with Crippen LogP contribution in [0, 0.1) is 5.41 Å². The average molecular weight is 296 g/mol. The Bertz CT molecular complexity index is 321. The topological polar surface area (TPSA) is 41.6 Å². The highest BCUT2D eigenvalue weighted by Crippen LogP contribution is 2.33. The number of halogens is 3. The van der Waals surface area contributed by atoms with Crippen molar-refractivity contribution < 1.29 is 22.7 Å². The number of carbonyl (C=O) groups is 1. The standard InChI is InChI=1S/C13H23F3N2O2/c1-10(2)18(8-13(14,15)16)11(19)12(9-20-3)4-6-17-7-5-12/h10,17H,4-9H2,1-3H3. The van der Waals surface area contributed by atoms with Crippen LogP contribution in [-0.4, -0.2) is 56.4 Å². The lowest BCUT2D eigenvalue weighted by Crippen LogP contribution is -2.55. The van der Waals surface area contributed by atoms with Crippen LogP contribution in [0.25, 0.3) is 0 Å². The summed E-state index contributed by atoms with van der Waals surface area (Å²) in [5.41, 5.74) is -0.838. The van der Waals surface area contributed by atoms with E-state index in [-0.39, 0.29) is 6.61 Å². The molecule has 0 spiro atoms. The van der Waals surface area contributed by atoms with E-state index in [0.29, 0.717) is 25.9 Å². The van der Waals surface area contributed by atoms with Gasteiger partial charge in [0, 0.05) is 13.2 Å². The highest BCUT2D eigenvalue weighted by molar-refractivity contribution is 5.83. The van der Waals surface area contributed by atoms with Gasteiger partial charge in [0.15, 0.2) is 0 Å². The maximum absolute atomic E-state index is 12.7. The summed E-state index contributed by atoms with van der Waals surface area (Å²) in [7, 11) is 1.47. The fourth-order valence-corrected chi connectivity index (χ4v) is 2.59. The molecule has 0 bridgehead atoms. The zero-order valence-electron chi connectivity index (χ0n) is 12.2. The highest BCUT2D eigenvalue weighted by atomic mass is 19.4. The number of ether oxygens (including phenoxy) is 1. The number of rotatable bonds is 5. The molecule has 0 unspecified atom stereocenters. The van der Waals surface area contributed by atoms with Crippen molar-refractivity contribution in [2.24, 2.45) is 5.41 Å². The van der Waals surface area contributed by atoms with Gasteiger partial charge in [-0.15, -0.1) is 0 Å². The van der Waals surface area contributed by atoms with Crippen LogP contribution >= 0.6 is 0 Å². The van der Waals surface area contributed by atoms with Gasteiger partial charge in [0.1, 0.15) is 6.54 Å². The van der Waals surface area contributed by atoms with Crippen molar-refractivity contribution in [3.8, 4) is 0 Å². The van der Waals surface area contributed by atoms with Gasteiger partial charge in [-0.3, -0.25) is 4.79 Å². The maximum Gasteiger partial charge on any atom is 0.406 e. The summed E-state index contributed by atoms with van der Waals surface area (Å²) in [5.74, 6) is -0.451. The zero-order chi connectivity index (χ0) is 15.4. The van der Waals surface area contributed by atoms with Crippen molar-refractivity contribution in [1.82, 2.24) is 10.2 Å². The Kier molecular flexibility index (Phi) is 5.82. The molecule has 4 nitrogen and oxygen atoms in total. The molecule has 118 valence electrons. The molecule has 1 amide bonds. The predicted molar refractivity (Wildman–Crippen MR) is 69.3 cm³/mol. The lowest BCUT2D eigenvalue weighted by atomic mass is 9.78. The molecule has 0 aromatic rings. The molecule has 0 radical (unpaired) electrons. The molecule has 0 atom stereocenters. The third-order valence-corrected chi connectivity index (χ3v) is 3.67. The number of amides is 1. The van der Waals surface area contributed by atoms with Gasteiger partial charge in [0.25, 0.3) is 0 Å². The van der Waals surface area contributed by atoms with E-state index >= 15 is 0 Å². The average Bonchev–Trinajstić information content (AvgIpc) is 2.35. The number of hydrogen-bond acceptors (Lipinski definition) is 3. The number of hydrogen-bond donors (Lipinski definition) is 1. The number of carbonyl (C=O) groups excluding carboxylic acids is 1. The molecule has 0 saturated carbocycles. The third kappa shape index (κ3) is 4.34. The summed E-state index contributed by atoms with van der Waals surface area (Å²) in [5, 5.41) is 3.12. The van der Waals surface area contributed by atoms with Gasteiger partial charge in [0.2, 0.25) is 5.91 Å². The number of nitrogens with zero attached hydrogens (tertiary/aromatic N) is 1. The molecule has 1 saturated heterocycles. The normalized spacial score (nSPS) is 19.1. The number of alkyl halides is 3. The third-order valence-electron chi connectivity index (χ3n) is 3.67. The summed E-state index contributed by atoms with van der Waals surface area (Å²) in [6.45, 7) is 3.40. The second kappa shape index (κ2) is 6.76. The lowest BCUT2D eigenvalue weighted by molar-refractivity contribution is -0.174. The molecule has 1 rings (SSSR count). The molecule has 1 aliphatic heterocycles. The number of methoxy groups -OCH3 is 1. The lowest BCUT2D eigenvalue weighted by Gasteiger charge is -2.41. The van der Waals surface area contributed by atoms with E-state index in [9.17, 15) is 18.0 Å². The van der Waals surface area contributed by atoms with Crippen molar-refractivity contribution in [3.63, 3.8) is 0 Å². The molecule has 1 fully saturated rings. The summed E-state index contributed by atoms with van der Waals surface area (Å²) in [6.07, 6.45) is -3.39. The molecular formula is C13H23F3N2O2. The Morgan fingerprint density at radius 3 is 2.30 bits per heavy atom. The SMILES string of the molecule is COCC1(C(=O)N(CC(F)(F)F)C(C)C)CCNCC1. The van der Waals surface area contributed by atoms with Gasteiger partial charge in [-0.2, -0.15) is 13.2 Å². The van der Waals surface area contributed by atoms with E-state index in [0.717, 1.165) is 4.90 Å². The van der Waals surface area contributed by atoms with Crippen LogP contribution in [0.15, 0.2) is 0 Å². The monoisotopic (exact) mass is 296 g/mol. The molecular weight excluding hydrogens is 273 g/mol. The fourth-order valence-electron chi connectivity index (χ4n) is 2.59. The minimum absolute atomic E-state index is 0.161. The van der Waals surface area contributed by atoms with Crippen LogP contribution in [0.2, 0.25) is 0 Å². The molecule has 0 aromatic heterocycles. The second-order valence-electron chi connectivity index (χ2n) is 5.61. The molecule has 1 N–H and O–H groups in total. The van der Waals surface area contributed by atoms with Crippen molar-refractivity contribution in [2.45, 2.75) is 38.9 Å². The first-order valence-corrected chi connectivity index (χ1v) is 6.79. The Morgan fingerprint density at radius 1 is 1.35 bits per heavy atom. The Labute approximate surface area is 117 Å². The summed E-state index contributed by atoms with van der Waals surface area (Å²) in [4.78, 5) is 13.6. The van der Waals surface area contributed by atoms with Gasteiger partial charge >= 0.3 is 6.18 Å². The van der Waals surface area contributed by atoms with Gasteiger partial charge in [0.05, 0.1) is 12.0 Å². The van der Waals surface area contributed by atoms with Crippen LogP contribution in [0.4, 0.5) is 13.2 Å². The van der Waals surface area contributed by atoms with Gasteiger partial charge < -0.3 is 15.0 Å². The Morgan fingerprint density at radius 2 is 1.90 bits per heavy atom. The minimum Gasteiger partial charge on any atom is -0.384 e. The molecule has 20 heavy (non-hydrogen) atoms.